The van der Waals surface area contributed by atoms with Gasteiger partial charge in [0.1, 0.15) is 0 Å². The van der Waals surface area contributed by atoms with Crippen molar-refractivity contribution in [1.82, 2.24) is 15.1 Å². The maximum Gasteiger partial charge on any atom is 0.255 e. The van der Waals surface area contributed by atoms with Crippen LogP contribution >= 0.6 is 0 Å². The van der Waals surface area contributed by atoms with Gasteiger partial charge < -0.3 is 14.8 Å². The number of nitrogens with one attached hydrogen (secondary N) is 1. The van der Waals surface area contributed by atoms with Gasteiger partial charge in [-0.1, -0.05) is 25.3 Å². The smallest absolute Gasteiger partial charge is 0.255 e. The molecule has 0 unspecified atom stereocenters. The number of carbonyl (C=O) groups is 1. The van der Waals surface area contributed by atoms with Crippen LogP contribution in [0, 0.1) is 6.92 Å². The second-order valence-electron chi connectivity index (χ2n) is 7.71. The van der Waals surface area contributed by atoms with Crippen LogP contribution in [-0.2, 0) is 6.54 Å². The number of amides is 1. The van der Waals surface area contributed by atoms with Crippen molar-refractivity contribution in [2.45, 2.75) is 71.6 Å². The molecule has 1 aliphatic carbocycles. The summed E-state index contributed by atoms with van der Waals surface area (Å²) in [6, 6.07) is 6.15. The summed E-state index contributed by atoms with van der Waals surface area (Å²) in [6.07, 6.45) is 7.84. The summed E-state index contributed by atoms with van der Waals surface area (Å²) in [5.74, 6) is 1.28. The number of ether oxygens (including phenoxy) is 2. The van der Waals surface area contributed by atoms with Crippen LogP contribution in [0.5, 0.6) is 11.5 Å². The van der Waals surface area contributed by atoms with Gasteiger partial charge >= 0.3 is 0 Å². The number of benzene rings is 1. The summed E-state index contributed by atoms with van der Waals surface area (Å²) < 4.78 is 13.2. The molecule has 0 radical (unpaired) electrons. The number of hydrogen-bond donors (Lipinski definition) is 1. The molecule has 1 N–H and O–H groups in total. The summed E-state index contributed by atoms with van der Waals surface area (Å²) in [5, 5.41) is 7.50. The molecule has 1 amide bonds. The van der Waals surface area contributed by atoms with Crippen LogP contribution in [0.3, 0.4) is 0 Å². The van der Waals surface area contributed by atoms with Crippen molar-refractivity contribution >= 4 is 5.91 Å². The fourth-order valence-corrected chi connectivity index (χ4v) is 3.79. The zero-order valence-electron chi connectivity index (χ0n) is 17.3. The third-order valence-corrected chi connectivity index (χ3v) is 5.25. The molecule has 2 aromatic rings. The maximum absolute atomic E-state index is 12.7. The fourth-order valence-electron chi connectivity index (χ4n) is 3.79. The minimum Gasteiger partial charge on any atom is -0.493 e. The van der Waals surface area contributed by atoms with Gasteiger partial charge in [-0.15, -0.1) is 0 Å². The van der Waals surface area contributed by atoms with Gasteiger partial charge in [-0.2, -0.15) is 5.10 Å². The highest BCUT2D eigenvalue weighted by atomic mass is 16.5. The fraction of sp³-hybridized carbons (Fsp3) is 0.545. The number of methoxy groups -OCH3 is 1. The van der Waals surface area contributed by atoms with Gasteiger partial charge in [-0.05, 0) is 51.3 Å². The second kappa shape index (κ2) is 9.13. The lowest BCUT2D eigenvalue weighted by Crippen LogP contribution is -2.24. The van der Waals surface area contributed by atoms with E-state index < -0.39 is 0 Å². The molecule has 0 aliphatic heterocycles. The Labute approximate surface area is 167 Å². The van der Waals surface area contributed by atoms with Crippen LogP contribution in [-0.4, -0.2) is 28.9 Å². The first-order chi connectivity index (χ1) is 13.5. The Balaban J connectivity index is 1.65. The van der Waals surface area contributed by atoms with E-state index in [-0.39, 0.29) is 12.0 Å². The van der Waals surface area contributed by atoms with Crippen molar-refractivity contribution in [1.29, 1.82) is 0 Å². The molecule has 0 atom stereocenters. The van der Waals surface area contributed by atoms with Crippen LogP contribution in [0.4, 0.5) is 0 Å². The van der Waals surface area contributed by atoms with Gasteiger partial charge in [0.2, 0.25) is 0 Å². The predicted octanol–water partition coefficient (Wildman–Crippen LogP) is 4.42. The van der Waals surface area contributed by atoms with Crippen molar-refractivity contribution in [3.05, 3.63) is 41.2 Å². The first kappa shape index (κ1) is 20.2. The van der Waals surface area contributed by atoms with Crippen molar-refractivity contribution in [2.24, 2.45) is 0 Å². The predicted molar refractivity (Wildman–Crippen MR) is 109 cm³/mol. The topological polar surface area (TPSA) is 65.4 Å². The second-order valence-corrected chi connectivity index (χ2v) is 7.71. The lowest BCUT2D eigenvalue weighted by molar-refractivity contribution is 0.0950. The number of rotatable bonds is 7. The summed E-state index contributed by atoms with van der Waals surface area (Å²) in [7, 11) is 1.62. The van der Waals surface area contributed by atoms with E-state index in [1.54, 1.807) is 13.3 Å². The molecule has 152 valence electrons. The molecular weight excluding hydrogens is 354 g/mol. The Morgan fingerprint density at radius 1 is 1.25 bits per heavy atom. The molecule has 6 heteroatoms. The molecular formula is C22H31N3O3. The minimum absolute atomic E-state index is 0.0723. The van der Waals surface area contributed by atoms with Crippen molar-refractivity contribution in [2.75, 3.05) is 7.11 Å². The van der Waals surface area contributed by atoms with Gasteiger partial charge in [0.25, 0.3) is 5.91 Å². The van der Waals surface area contributed by atoms with E-state index in [0.717, 1.165) is 24.1 Å². The van der Waals surface area contributed by atoms with Crippen LogP contribution in [0.1, 0.15) is 73.6 Å². The zero-order valence-corrected chi connectivity index (χ0v) is 17.3. The quantitative estimate of drug-likeness (QED) is 0.766. The van der Waals surface area contributed by atoms with Crippen LogP contribution in [0.15, 0.2) is 24.4 Å². The van der Waals surface area contributed by atoms with Gasteiger partial charge in [0, 0.05) is 12.2 Å². The molecule has 1 fully saturated rings. The highest BCUT2D eigenvalue weighted by Gasteiger charge is 2.21. The standard InChI is InChI=1S/C22H31N3O3/c1-15(2)28-20-11-10-17(12-21(20)27-4)13-23-22(26)19-14-24-25(16(19)3)18-8-6-5-7-9-18/h10-12,14-15,18H,5-9,13H2,1-4H3,(H,23,26). The SMILES string of the molecule is COc1cc(CNC(=O)c2cnn(C3CCCCC3)c2C)ccc1OC(C)C. The van der Waals surface area contributed by atoms with E-state index in [1.807, 2.05) is 43.7 Å². The molecule has 1 aliphatic rings. The average molecular weight is 386 g/mol. The van der Waals surface area contributed by atoms with E-state index in [0.29, 0.717) is 29.6 Å². The molecule has 0 saturated heterocycles. The molecule has 1 saturated carbocycles. The summed E-state index contributed by atoms with van der Waals surface area (Å²) >= 11 is 0. The highest BCUT2D eigenvalue weighted by molar-refractivity contribution is 5.95. The van der Waals surface area contributed by atoms with Crippen LogP contribution in [0.25, 0.3) is 0 Å². The van der Waals surface area contributed by atoms with Crippen molar-refractivity contribution in [3.8, 4) is 11.5 Å². The van der Waals surface area contributed by atoms with Gasteiger partial charge in [-0.25, -0.2) is 0 Å². The average Bonchev–Trinajstić information content (AvgIpc) is 3.08. The first-order valence-electron chi connectivity index (χ1n) is 10.2. The van der Waals surface area contributed by atoms with E-state index in [1.165, 1.54) is 19.3 Å². The largest absolute Gasteiger partial charge is 0.493 e. The minimum atomic E-state index is -0.0963. The Morgan fingerprint density at radius 3 is 2.68 bits per heavy atom. The maximum atomic E-state index is 12.7. The lowest BCUT2D eigenvalue weighted by Gasteiger charge is -2.23. The number of nitrogens with zero attached hydrogens (tertiary/aromatic N) is 2. The third-order valence-electron chi connectivity index (χ3n) is 5.25. The zero-order chi connectivity index (χ0) is 20.1. The van der Waals surface area contributed by atoms with Crippen LogP contribution in [0.2, 0.25) is 0 Å². The first-order valence-corrected chi connectivity index (χ1v) is 10.2. The Morgan fingerprint density at radius 2 is 2.00 bits per heavy atom. The molecule has 0 spiro atoms. The van der Waals surface area contributed by atoms with Crippen molar-refractivity contribution < 1.29 is 14.3 Å². The Hall–Kier alpha value is -2.50. The van der Waals surface area contributed by atoms with Gasteiger partial charge in [0.05, 0.1) is 31.0 Å². The molecule has 3 rings (SSSR count). The van der Waals surface area contributed by atoms with Crippen LogP contribution < -0.4 is 14.8 Å². The van der Waals surface area contributed by atoms with Gasteiger partial charge in [0.15, 0.2) is 11.5 Å². The number of carbonyl (C=O) groups excluding carboxylic acids is 1. The van der Waals surface area contributed by atoms with E-state index >= 15 is 0 Å². The summed E-state index contributed by atoms with van der Waals surface area (Å²) in [4.78, 5) is 12.7. The monoisotopic (exact) mass is 385 g/mol. The summed E-state index contributed by atoms with van der Waals surface area (Å²) in [5.41, 5.74) is 2.55. The molecule has 6 nitrogen and oxygen atoms in total. The van der Waals surface area contributed by atoms with Gasteiger partial charge in [-0.3, -0.25) is 9.48 Å². The number of aromatic nitrogens is 2. The van der Waals surface area contributed by atoms with Crippen molar-refractivity contribution in [3.63, 3.8) is 0 Å². The lowest BCUT2D eigenvalue weighted by atomic mass is 9.95. The molecule has 1 heterocycles. The molecule has 28 heavy (non-hydrogen) atoms. The molecule has 1 aromatic carbocycles. The molecule has 1 aromatic heterocycles. The highest BCUT2D eigenvalue weighted by Crippen LogP contribution is 2.30. The Bertz CT molecular complexity index is 807. The van der Waals surface area contributed by atoms with E-state index in [2.05, 4.69) is 10.4 Å². The third kappa shape index (κ3) is 4.66. The van der Waals surface area contributed by atoms with E-state index in [9.17, 15) is 4.79 Å². The van der Waals surface area contributed by atoms with E-state index in [4.69, 9.17) is 9.47 Å². The normalized spacial score (nSPS) is 14.9. The Kier molecular flexibility index (Phi) is 6.60. The molecule has 0 bridgehead atoms. The summed E-state index contributed by atoms with van der Waals surface area (Å²) in [6.45, 7) is 6.36. The number of hydrogen-bond acceptors (Lipinski definition) is 4.